The predicted molar refractivity (Wildman–Crippen MR) is 95.4 cm³/mol. The summed E-state index contributed by atoms with van der Waals surface area (Å²) >= 11 is 5.93. The summed E-state index contributed by atoms with van der Waals surface area (Å²) in [6.07, 6.45) is 0.325. The molecule has 2 aliphatic rings. The third-order valence-electron chi connectivity index (χ3n) is 5.11. The highest BCUT2D eigenvalue weighted by Gasteiger charge is 2.48. The van der Waals surface area contributed by atoms with Crippen LogP contribution in [0.1, 0.15) is 31.7 Å². The second-order valence-electron chi connectivity index (χ2n) is 6.82. The molecule has 136 valence electrons. The lowest BCUT2D eigenvalue weighted by molar-refractivity contribution is -0.147. The molecule has 4 atom stereocenters. The van der Waals surface area contributed by atoms with Crippen molar-refractivity contribution in [2.45, 2.75) is 26.2 Å². The SMILES string of the molecule is CC1=NC2=C(C(=O)C(C(=O)O)C(C)C2)C(c2ccc(Cl)cc2)C1C(=O)O. The van der Waals surface area contributed by atoms with E-state index in [1.807, 2.05) is 0 Å². The van der Waals surface area contributed by atoms with Crippen molar-refractivity contribution in [2.75, 3.05) is 0 Å². The van der Waals surface area contributed by atoms with Crippen LogP contribution in [0.15, 0.2) is 40.5 Å². The summed E-state index contributed by atoms with van der Waals surface area (Å²) in [5, 5.41) is 19.7. The van der Waals surface area contributed by atoms with Gasteiger partial charge in [-0.3, -0.25) is 19.4 Å². The van der Waals surface area contributed by atoms with Crippen LogP contribution in [0.3, 0.4) is 0 Å². The third-order valence-corrected chi connectivity index (χ3v) is 5.36. The van der Waals surface area contributed by atoms with E-state index in [0.29, 0.717) is 28.4 Å². The van der Waals surface area contributed by atoms with Crippen molar-refractivity contribution < 1.29 is 24.6 Å². The molecule has 1 aliphatic carbocycles. The van der Waals surface area contributed by atoms with Gasteiger partial charge in [0.25, 0.3) is 0 Å². The number of hydrogen-bond acceptors (Lipinski definition) is 4. The Hall–Kier alpha value is -2.47. The van der Waals surface area contributed by atoms with E-state index in [1.54, 1.807) is 38.1 Å². The smallest absolute Gasteiger partial charge is 0.314 e. The fraction of sp³-hybridized carbons (Fsp3) is 0.368. The van der Waals surface area contributed by atoms with E-state index in [0.717, 1.165) is 0 Å². The van der Waals surface area contributed by atoms with E-state index in [-0.39, 0.29) is 5.57 Å². The largest absolute Gasteiger partial charge is 0.481 e. The zero-order valence-corrected chi connectivity index (χ0v) is 15.0. The van der Waals surface area contributed by atoms with Crippen LogP contribution in [0.25, 0.3) is 0 Å². The van der Waals surface area contributed by atoms with Gasteiger partial charge in [0.1, 0.15) is 11.8 Å². The molecular weight excluding hydrogens is 358 g/mol. The Balaban J connectivity index is 2.21. The van der Waals surface area contributed by atoms with Crippen molar-refractivity contribution in [3.05, 3.63) is 46.1 Å². The number of allylic oxidation sites excluding steroid dienone is 2. The summed E-state index contributed by atoms with van der Waals surface area (Å²) in [4.78, 5) is 40.9. The molecule has 0 aromatic heterocycles. The van der Waals surface area contributed by atoms with E-state index in [2.05, 4.69) is 4.99 Å². The van der Waals surface area contributed by atoms with Gasteiger partial charge in [0.05, 0.1) is 0 Å². The lowest BCUT2D eigenvalue weighted by atomic mass is 9.67. The zero-order valence-electron chi connectivity index (χ0n) is 14.3. The van der Waals surface area contributed by atoms with E-state index in [1.165, 1.54) is 0 Å². The number of carboxylic acids is 2. The number of carboxylic acid groups (broad SMARTS) is 2. The van der Waals surface area contributed by atoms with Gasteiger partial charge in [-0.05, 0) is 37.0 Å². The molecule has 0 amide bonds. The second kappa shape index (κ2) is 6.68. The molecule has 0 saturated heterocycles. The van der Waals surface area contributed by atoms with Crippen LogP contribution in [-0.2, 0) is 14.4 Å². The lowest BCUT2D eigenvalue weighted by Gasteiger charge is -2.37. The molecule has 3 rings (SSSR count). The first-order chi connectivity index (χ1) is 12.2. The van der Waals surface area contributed by atoms with Crippen molar-refractivity contribution >= 4 is 35.0 Å². The number of halogens is 1. The van der Waals surface area contributed by atoms with Crippen molar-refractivity contribution in [1.29, 1.82) is 0 Å². The maximum atomic E-state index is 13.0. The molecule has 7 heteroatoms. The number of carbonyl (C=O) groups excluding carboxylic acids is 1. The topological polar surface area (TPSA) is 104 Å². The van der Waals surface area contributed by atoms with Gasteiger partial charge in [0.2, 0.25) is 0 Å². The molecule has 4 unspecified atom stereocenters. The number of carbonyl (C=O) groups is 3. The monoisotopic (exact) mass is 375 g/mol. The van der Waals surface area contributed by atoms with Crippen LogP contribution in [0, 0.1) is 17.8 Å². The van der Waals surface area contributed by atoms with Gasteiger partial charge in [-0.1, -0.05) is 30.7 Å². The number of aliphatic carboxylic acids is 2. The summed E-state index contributed by atoms with van der Waals surface area (Å²) in [5.74, 6) is -6.23. The van der Waals surface area contributed by atoms with Crippen molar-refractivity contribution in [1.82, 2.24) is 0 Å². The minimum absolute atomic E-state index is 0.204. The standard InChI is InChI=1S/C19H18ClNO5/c1-8-7-12-16(17(22)13(8)18(23)24)15(10-3-5-11(20)6-4-10)14(19(25)26)9(2)21-12/h3-6,8,13-15H,7H2,1-2H3,(H,23,24)(H,25,26). The Morgan fingerprint density at radius 1 is 1.12 bits per heavy atom. The van der Waals surface area contributed by atoms with Gasteiger partial charge < -0.3 is 10.2 Å². The highest BCUT2D eigenvalue weighted by molar-refractivity contribution is 6.30. The first kappa shape index (κ1) is 18.3. The van der Waals surface area contributed by atoms with E-state index in [9.17, 15) is 24.6 Å². The van der Waals surface area contributed by atoms with Crippen LogP contribution in [-0.4, -0.2) is 33.6 Å². The van der Waals surface area contributed by atoms with Crippen LogP contribution < -0.4 is 0 Å². The third kappa shape index (κ3) is 2.94. The van der Waals surface area contributed by atoms with Gasteiger partial charge in [0, 0.05) is 27.9 Å². The van der Waals surface area contributed by atoms with Crippen molar-refractivity contribution in [3.8, 4) is 0 Å². The van der Waals surface area contributed by atoms with Crippen molar-refractivity contribution in [3.63, 3.8) is 0 Å². The summed E-state index contributed by atoms with van der Waals surface area (Å²) < 4.78 is 0. The number of ketones is 1. The first-order valence-corrected chi connectivity index (χ1v) is 8.63. The number of benzene rings is 1. The van der Waals surface area contributed by atoms with Crippen molar-refractivity contribution in [2.24, 2.45) is 22.7 Å². The minimum Gasteiger partial charge on any atom is -0.481 e. The Morgan fingerprint density at radius 3 is 2.23 bits per heavy atom. The molecule has 2 N–H and O–H groups in total. The quantitative estimate of drug-likeness (QED) is 0.789. The first-order valence-electron chi connectivity index (χ1n) is 8.26. The van der Waals surface area contributed by atoms with Crippen LogP contribution in [0.4, 0.5) is 0 Å². The van der Waals surface area contributed by atoms with Gasteiger partial charge in [-0.25, -0.2) is 0 Å². The summed E-state index contributed by atoms with van der Waals surface area (Å²) in [6.45, 7) is 3.33. The highest BCUT2D eigenvalue weighted by atomic mass is 35.5. The normalized spacial score (nSPS) is 28.4. The maximum Gasteiger partial charge on any atom is 0.314 e. The summed E-state index contributed by atoms with van der Waals surface area (Å²) in [7, 11) is 0. The van der Waals surface area contributed by atoms with Crippen LogP contribution >= 0.6 is 11.6 Å². The fourth-order valence-electron chi connectivity index (χ4n) is 3.94. The zero-order chi connectivity index (χ0) is 19.2. The molecule has 1 aromatic carbocycles. The van der Waals surface area contributed by atoms with Gasteiger partial charge in [0.15, 0.2) is 5.78 Å². The minimum atomic E-state index is -1.19. The van der Waals surface area contributed by atoms with Gasteiger partial charge >= 0.3 is 11.9 Å². The van der Waals surface area contributed by atoms with Gasteiger partial charge in [-0.15, -0.1) is 0 Å². The van der Waals surface area contributed by atoms with Gasteiger partial charge in [-0.2, -0.15) is 0 Å². The van der Waals surface area contributed by atoms with E-state index in [4.69, 9.17) is 11.6 Å². The Kier molecular flexibility index (Phi) is 4.71. The molecule has 0 bridgehead atoms. The van der Waals surface area contributed by atoms with Crippen LogP contribution in [0.2, 0.25) is 5.02 Å². The molecule has 0 saturated carbocycles. The Bertz CT molecular complexity index is 855. The molecule has 26 heavy (non-hydrogen) atoms. The molecule has 1 heterocycles. The second-order valence-corrected chi connectivity index (χ2v) is 7.26. The average molecular weight is 376 g/mol. The molecule has 0 spiro atoms. The molecule has 0 fully saturated rings. The lowest BCUT2D eigenvalue weighted by Crippen LogP contribution is -2.42. The fourth-order valence-corrected chi connectivity index (χ4v) is 4.06. The predicted octanol–water partition coefficient (Wildman–Crippen LogP) is 3.16. The summed E-state index contributed by atoms with van der Waals surface area (Å²) in [5.41, 5.74) is 1.71. The Morgan fingerprint density at radius 2 is 1.69 bits per heavy atom. The molecule has 0 radical (unpaired) electrons. The number of Topliss-reactive ketones (excluding diaryl/α,β-unsaturated/α-hetero) is 1. The maximum absolute atomic E-state index is 13.0. The average Bonchev–Trinajstić information content (AvgIpc) is 2.53. The number of nitrogens with zero attached hydrogens (tertiary/aromatic N) is 1. The number of rotatable bonds is 3. The van der Waals surface area contributed by atoms with Crippen LogP contribution in [0.5, 0.6) is 0 Å². The molecule has 6 nitrogen and oxygen atoms in total. The summed E-state index contributed by atoms with van der Waals surface area (Å²) in [6, 6.07) is 6.60. The number of aliphatic imine (C=N–C) groups is 1. The number of hydrogen-bond donors (Lipinski definition) is 2. The Labute approximate surface area is 155 Å². The molecular formula is C19H18ClNO5. The molecule has 1 aliphatic heterocycles. The molecule has 1 aromatic rings. The van der Waals surface area contributed by atoms with E-state index >= 15 is 0 Å². The highest BCUT2D eigenvalue weighted by Crippen LogP contribution is 2.46. The van der Waals surface area contributed by atoms with E-state index < -0.39 is 41.4 Å².